The third kappa shape index (κ3) is 4.84. The van der Waals surface area contributed by atoms with Gasteiger partial charge in [-0.05, 0) is 31.2 Å². The van der Waals surface area contributed by atoms with Gasteiger partial charge in [0.25, 0.3) is 5.91 Å². The molecule has 1 amide bonds. The number of amides is 1. The highest BCUT2D eigenvalue weighted by Crippen LogP contribution is 2.15. The zero-order chi connectivity index (χ0) is 12.0. The molecular formula is C12H14ClNO2. The average Bonchev–Trinajstić information content (AvgIpc) is 2.25. The van der Waals surface area contributed by atoms with E-state index in [0.717, 1.165) is 5.57 Å². The summed E-state index contributed by atoms with van der Waals surface area (Å²) in [5, 5.41) is 3.31. The molecule has 0 aromatic heterocycles. The van der Waals surface area contributed by atoms with Crippen LogP contribution in [0.15, 0.2) is 36.4 Å². The van der Waals surface area contributed by atoms with Gasteiger partial charge in [0, 0.05) is 11.6 Å². The van der Waals surface area contributed by atoms with Gasteiger partial charge in [0.05, 0.1) is 0 Å². The van der Waals surface area contributed by atoms with Gasteiger partial charge in [0.2, 0.25) is 0 Å². The Morgan fingerprint density at radius 3 is 2.62 bits per heavy atom. The summed E-state index contributed by atoms with van der Waals surface area (Å²) in [6.07, 6.45) is 0. The Balaban J connectivity index is 2.31. The van der Waals surface area contributed by atoms with Crippen molar-refractivity contribution in [2.45, 2.75) is 6.92 Å². The summed E-state index contributed by atoms with van der Waals surface area (Å²) >= 11 is 5.71. The van der Waals surface area contributed by atoms with Crippen LogP contribution in [0.25, 0.3) is 0 Å². The molecule has 0 heterocycles. The predicted molar refractivity (Wildman–Crippen MR) is 64.8 cm³/mol. The van der Waals surface area contributed by atoms with Crippen LogP contribution in [0.3, 0.4) is 0 Å². The van der Waals surface area contributed by atoms with E-state index in [2.05, 4.69) is 11.9 Å². The predicted octanol–water partition coefficient (Wildman–Crippen LogP) is 2.41. The van der Waals surface area contributed by atoms with E-state index in [1.165, 1.54) is 0 Å². The third-order valence-electron chi connectivity index (χ3n) is 1.77. The molecular weight excluding hydrogens is 226 g/mol. The Kier molecular flexibility index (Phi) is 4.86. The molecule has 0 aliphatic carbocycles. The second-order valence-electron chi connectivity index (χ2n) is 3.48. The largest absolute Gasteiger partial charge is 0.484 e. The summed E-state index contributed by atoms with van der Waals surface area (Å²) in [6.45, 7) is 6.00. The van der Waals surface area contributed by atoms with Crippen LogP contribution in [-0.2, 0) is 4.79 Å². The van der Waals surface area contributed by atoms with Gasteiger partial charge in [-0.15, -0.1) is 0 Å². The van der Waals surface area contributed by atoms with Crippen LogP contribution in [0.1, 0.15) is 6.92 Å². The van der Waals surface area contributed by atoms with E-state index in [9.17, 15) is 4.79 Å². The lowest BCUT2D eigenvalue weighted by molar-refractivity contribution is -0.122. The van der Waals surface area contributed by atoms with E-state index in [1.54, 1.807) is 24.3 Å². The fourth-order valence-corrected chi connectivity index (χ4v) is 1.11. The van der Waals surface area contributed by atoms with Gasteiger partial charge in [0.1, 0.15) is 5.75 Å². The molecule has 1 N–H and O–H groups in total. The molecule has 0 fully saturated rings. The van der Waals surface area contributed by atoms with Gasteiger partial charge in [0.15, 0.2) is 6.61 Å². The second-order valence-corrected chi connectivity index (χ2v) is 3.91. The molecule has 4 heteroatoms. The molecule has 0 unspecified atom stereocenters. The first kappa shape index (κ1) is 12.6. The van der Waals surface area contributed by atoms with Crippen molar-refractivity contribution in [3.63, 3.8) is 0 Å². The fourth-order valence-electron chi connectivity index (χ4n) is 0.980. The van der Waals surface area contributed by atoms with Gasteiger partial charge in [-0.1, -0.05) is 23.8 Å². The number of nitrogens with one attached hydrogen (secondary N) is 1. The normalized spacial score (nSPS) is 9.62. The zero-order valence-corrected chi connectivity index (χ0v) is 9.88. The molecule has 3 nitrogen and oxygen atoms in total. The first-order chi connectivity index (χ1) is 7.58. The molecule has 0 saturated carbocycles. The Bertz CT molecular complexity index is 373. The van der Waals surface area contributed by atoms with Crippen molar-refractivity contribution in [3.8, 4) is 5.75 Å². The van der Waals surface area contributed by atoms with Crippen molar-refractivity contribution < 1.29 is 9.53 Å². The molecule has 0 radical (unpaired) electrons. The second kappa shape index (κ2) is 6.18. The lowest BCUT2D eigenvalue weighted by atomic mass is 10.3. The molecule has 0 saturated heterocycles. The van der Waals surface area contributed by atoms with Gasteiger partial charge in [-0.25, -0.2) is 0 Å². The quantitative estimate of drug-likeness (QED) is 0.802. The van der Waals surface area contributed by atoms with Crippen molar-refractivity contribution in [2.24, 2.45) is 0 Å². The number of hydrogen-bond acceptors (Lipinski definition) is 2. The first-order valence-electron chi connectivity index (χ1n) is 4.87. The van der Waals surface area contributed by atoms with Crippen LogP contribution in [0, 0.1) is 0 Å². The minimum Gasteiger partial charge on any atom is -0.484 e. The van der Waals surface area contributed by atoms with Crippen molar-refractivity contribution in [1.82, 2.24) is 5.32 Å². The minimum atomic E-state index is -0.169. The van der Waals surface area contributed by atoms with Crippen LogP contribution in [0.4, 0.5) is 0 Å². The van der Waals surface area contributed by atoms with Crippen molar-refractivity contribution in [3.05, 3.63) is 41.4 Å². The van der Waals surface area contributed by atoms with Gasteiger partial charge >= 0.3 is 0 Å². The van der Waals surface area contributed by atoms with E-state index in [4.69, 9.17) is 16.3 Å². The van der Waals surface area contributed by atoms with Crippen LogP contribution in [-0.4, -0.2) is 19.1 Å². The summed E-state index contributed by atoms with van der Waals surface area (Å²) in [5.74, 6) is 0.452. The summed E-state index contributed by atoms with van der Waals surface area (Å²) in [6, 6.07) is 6.86. The number of rotatable bonds is 5. The highest BCUT2D eigenvalue weighted by atomic mass is 35.5. The SMILES string of the molecule is C=C(C)CNC(=O)COc1ccc(Cl)cc1. The molecule has 1 aromatic carbocycles. The molecule has 0 spiro atoms. The van der Waals surface area contributed by atoms with Crippen LogP contribution >= 0.6 is 11.6 Å². The Morgan fingerprint density at radius 1 is 1.44 bits per heavy atom. The number of ether oxygens (including phenoxy) is 1. The lowest BCUT2D eigenvalue weighted by Crippen LogP contribution is -2.29. The van der Waals surface area contributed by atoms with Crippen LogP contribution in [0.2, 0.25) is 5.02 Å². The molecule has 86 valence electrons. The Labute approximate surface area is 100 Å². The van der Waals surface area contributed by atoms with Gasteiger partial charge in [-0.2, -0.15) is 0 Å². The summed E-state index contributed by atoms with van der Waals surface area (Å²) in [4.78, 5) is 11.3. The Morgan fingerprint density at radius 2 is 2.06 bits per heavy atom. The average molecular weight is 240 g/mol. The summed E-state index contributed by atoms with van der Waals surface area (Å²) in [5.41, 5.74) is 0.903. The molecule has 1 rings (SSSR count). The first-order valence-corrected chi connectivity index (χ1v) is 5.25. The van der Waals surface area contributed by atoms with Crippen molar-refractivity contribution >= 4 is 17.5 Å². The molecule has 0 atom stereocenters. The minimum absolute atomic E-state index is 0.00505. The molecule has 16 heavy (non-hydrogen) atoms. The highest BCUT2D eigenvalue weighted by molar-refractivity contribution is 6.30. The summed E-state index contributed by atoms with van der Waals surface area (Å²) in [7, 11) is 0. The van der Waals surface area contributed by atoms with Crippen LogP contribution < -0.4 is 10.1 Å². The van der Waals surface area contributed by atoms with Gasteiger partial charge in [-0.3, -0.25) is 4.79 Å². The van der Waals surface area contributed by atoms with Crippen LogP contribution in [0.5, 0.6) is 5.75 Å². The third-order valence-corrected chi connectivity index (χ3v) is 2.02. The smallest absolute Gasteiger partial charge is 0.258 e. The van der Waals surface area contributed by atoms with Crippen molar-refractivity contribution in [2.75, 3.05) is 13.2 Å². The highest BCUT2D eigenvalue weighted by Gasteiger charge is 2.01. The number of halogens is 1. The topological polar surface area (TPSA) is 38.3 Å². The van der Waals surface area contributed by atoms with Gasteiger partial charge < -0.3 is 10.1 Å². The van der Waals surface area contributed by atoms with Crippen molar-refractivity contribution in [1.29, 1.82) is 0 Å². The Hall–Kier alpha value is -1.48. The van der Waals surface area contributed by atoms with E-state index >= 15 is 0 Å². The lowest BCUT2D eigenvalue weighted by Gasteiger charge is -2.07. The number of carbonyl (C=O) groups excluding carboxylic acids is 1. The van der Waals surface area contributed by atoms with E-state index in [0.29, 0.717) is 17.3 Å². The standard InChI is InChI=1S/C12H14ClNO2/c1-9(2)7-14-12(15)8-16-11-5-3-10(13)4-6-11/h3-6H,1,7-8H2,2H3,(H,14,15). The molecule has 0 aliphatic rings. The van der Waals surface area contributed by atoms with E-state index in [-0.39, 0.29) is 12.5 Å². The molecule has 0 aliphatic heterocycles. The zero-order valence-electron chi connectivity index (χ0n) is 9.13. The number of carbonyl (C=O) groups is 1. The maximum absolute atomic E-state index is 11.3. The maximum atomic E-state index is 11.3. The summed E-state index contributed by atoms with van der Waals surface area (Å²) < 4.78 is 5.25. The van der Waals surface area contributed by atoms with E-state index in [1.807, 2.05) is 6.92 Å². The molecule has 1 aromatic rings. The monoisotopic (exact) mass is 239 g/mol. The number of benzene rings is 1. The fraction of sp³-hybridized carbons (Fsp3) is 0.250. The number of hydrogen-bond donors (Lipinski definition) is 1. The molecule has 0 bridgehead atoms. The maximum Gasteiger partial charge on any atom is 0.258 e. The van der Waals surface area contributed by atoms with E-state index < -0.39 is 0 Å².